The van der Waals surface area contributed by atoms with E-state index in [2.05, 4.69) is 4.98 Å². The van der Waals surface area contributed by atoms with Gasteiger partial charge in [-0.1, -0.05) is 6.07 Å². The first-order chi connectivity index (χ1) is 9.26. The molecule has 4 nitrogen and oxygen atoms in total. The maximum atomic E-state index is 12.3. The lowest BCUT2D eigenvalue weighted by Crippen LogP contribution is -2.11. The zero-order chi connectivity index (χ0) is 13.7. The van der Waals surface area contributed by atoms with E-state index in [1.807, 2.05) is 6.07 Å². The van der Waals surface area contributed by atoms with Crippen molar-refractivity contribution in [1.82, 2.24) is 4.98 Å². The van der Waals surface area contributed by atoms with Gasteiger partial charge in [0.2, 0.25) is 0 Å². The summed E-state index contributed by atoms with van der Waals surface area (Å²) in [6, 6.07) is 12.2. The number of carbonyl (C=O) groups is 1. The number of ketones is 1. The smallest absolute Gasteiger partial charge is 0.184 e. The first-order valence-electron chi connectivity index (χ1n) is 5.74. The highest BCUT2D eigenvalue weighted by atomic mass is 16.5. The molecule has 0 aliphatic carbocycles. The quantitative estimate of drug-likeness (QED) is 0.784. The first kappa shape index (κ1) is 12.8. The lowest BCUT2D eigenvalue weighted by atomic mass is 9.93. The Morgan fingerprint density at radius 3 is 2.58 bits per heavy atom. The first-order valence-corrected chi connectivity index (χ1v) is 5.74. The van der Waals surface area contributed by atoms with Crippen molar-refractivity contribution in [2.75, 3.05) is 7.11 Å². The van der Waals surface area contributed by atoms with Crippen LogP contribution in [-0.2, 0) is 0 Å². The molecule has 0 amide bonds. The summed E-state index contributed by atoms with van der Waals surface area (Å²) in [5.74, 6) is -0.397. The normalized spacial score (nSPS) is 11.4. The standard InChI is InChI=1S/C15H12N2O2/c1-19-13-6-4-11(5-7-13)15(18)14(9-16)12-3-2-8-17-10-12/h2-8,10,14H,1H3. The summed E-state index contributed by atoms with van der Waals surface area (Å²) < 4.78 is 5.03. The molecule has 0 saturated carbocycles. The number of hydrogen-bond acceptors (Lipinski definition) is 4. The van der Waals surface area contributed by atoms with Gasteiger partial charge in [0.25, 0.3) is 0 Å². The van der Waals surface area contributed by atoms with E-state index in [1.165, 1.54) is 6.20 Å². The molecule has 0 bridgehead atoms. The molecule has 0 aliphatic rings. The van der Waals surface area contributed by atoms with Gasteiger partial charge >= 0.3 is 0 Å². The molecule has 2 rings (SSSR count). The van der Waals surface area contributed by atoms with E-state index in [9.17, 15) is 10.1 Å². The number of aromatic nitrogens is 1. The molecular formula is C15H12N2O2. The molecule has 19 heavy (non-hydrogen) atoms. The van der Waals surface area contributed by atoms with Crippen LogP contribution in [0.2, 0.25) is 0 Å². The minimum absolute atomic E-state index is 0.238. The van der Waals surface area contributed by atoms with Crippen LogP contribution in [-0.4, -0.2) is 17.9 Å². The SMILES string of the molecule is COc1ccc(C(=O)C(C#N)c2cccnc2)cc1. The van der Waals surface area contributed by atoms with Gasteiger partial charge in [-0.25, -0.2) is 0 Å². The molecule has 0 fully saturated rings. The van der Waals surface area contributed by atoms with Crippen molar-refractivity contribution in [2.24, 2.45) is 0 Å². The van der Waals surface area contributed by atoms with Crippen LogP contribution >= 0.6 is 0 Å². The second-order valence-corrected chi connectivity index (χ2v) is 3.94. The molecule has 1 unspecified atom stereocenters. The highest BCUT2D eigenvalue weighted by molar-refractivity contribution is 6.02. The van der Waals surface area contributed by atoms with E-state index in [1.54, 1.807) is 49.7 Å². The number of rotatable bonds is 4. The Hall–Kier alpha value is -2.67. The Kier molecular flexibility index (Phi) is 3.89. The van der Waals surface area contributed by atoms with E-state index in [0.717, 1.165) is 0 Å². The van der Waals surface area contributed by atoms with Crippen LogP contribution in [0.25, 0.3) is 0 Å². The summed E-state index contributed by atoms with van der Waals surface area (Å²) in [5, 5.41) is 9.19. The van der Waals surface area contributed by atoms with Crippen molar-refractivity contribution in [2.45, 2.75) is 5.92 Å². The molecule has 1 heterocycles. The van der Waals surface area contributed by atoms with Crippen molar-refractivity contribution in [3.05, 3.63) is 59.9 Å². The van der Waals surface area contributed by atoms with Crippen LogP contribution < -0.4 is 4.74 Å². The lowest BCUT2D eigenvalue weighted by molar-refractivity contribution is 0.0978. The molecular weight excluding hydrogens is 240 g/mol. The van der Waals surface area contributed by atoms with Crippen molar-refractivity contribution >= 4 is 5.78 Å². The Morgan fingerprint density at radius 1 is 1.32 bits per heavy atom. The molecule has 1 aromatic carbocycles. The number of hydrogen-bond donors (Lipinski definition) is 0. The number of nitrogens with zero attached hydrogens (tertiary/aromatic N) is 2. The van der Waals surface area contributed by atoms with E-state index >= 15 is 0 Å². The van der Waals surface area contributed by atoms with Crippen LogP contribution in [0.5, 0.6) is 5.75 Å². The summed E-state index contributed by atoms with van der Waals surface area (Å²) >= 11 is 0. The summed E-state index contributed by atoms with van der Waals surface area (Å²) in [7, 11) is 1.56. The van der Waals surface area contributed by atoms with Gasteiger partial charge in [0.15, 0.2) is 5.78 Å². The molecule has 0 radical (unpaired) electrons. The predicted octanol–water partition coefficient (Wildman–Crippen LogP) is 2.58. The molecule has 0 N–H and O–H groups in total. The number of methoxy groups -OCH3 is 1. The number of nitriles is 1. The van der Waals surface area contributed by atoms with E-state index in [4.69, 9.17) is 4.74 Å². The zero-order valence-corrected chi connectivity index (χ0v) is 10.4. The molecule has 4 heteroatoms. The number of carbonyl (C=O) groups excluding carboxylic acids is 1. The second kappa shape index (κ2) is 5.78. The minimum Gasteiger partial charge on any atom is -0.497 e. The fourth-order valence-corrected chi connectivity index (χ4v) is 1.75. The average molecular weight is 252 g/mol. The number of benzene rings is 1. The summed E-state index contributed by atoms with van der Waals surface area (Å²) in [6.45, 7) is 0. The molecule has 1 aromatic heterocycles. The number of Topliss-reactive ketones (excluding diaryl/α,β-unsaturated/α-hetero) is 1. The summed E-state index contributed by atoms with van der Waals surface area (Å²) in [5.41, 5.74) is 1.09. The van der Waals surface area contributed by atoms with Gasteiger partial charge in [0.1, 0.15) is 11.7 Å². The average Bonchev–Trinajstić information content (AvgIpc) is 2.49. The Bertz CT molecular complexity index is 600. The molecule has 0 spiro atoms. The fraction of sp³-hybridized carbons (Fsp3) is 0.133. The highest BCUT2D eigenvalue weighted by Gasteiger charge is 2.21. The topological polar surface area (TPSA) is 63.0 Å². The lowest BCUT2D eigenvalue weighted by Gasteiger charge is -2.08. The number of ether oxygens (including phenoxy) is 1. The van der Waals surface area contributed by atoms with Gasteiger partial charge in [-0.3, -0.25) is 9.78 Å². The van der Waals surface area contributed by atoms with Crippen LogP contribution in [0.15, 0.2) is 48.8 Å². The third-order valence-corrected chi connectivity index (χ3v) is 2.78. The molecule has 1 atom stereocenters. The third-order valence-electron chi connectivity index (χ3n) is 2.78. The highest BCUT2D eigenvalue weighted by Crippen LogP contribution is 2.21. The Balaban J connectivity index is 2.29. The van der Waals surface area contributed by atoms with Gasteiger partial charge in [-0.2, -0.15) is 5.26 Å². The second-order valence-electron chi connectivity index (χ2n) is 3.94. The van der Waals surface area contributed by atoms with Gasteiger partial charge in [0.05, 0.1) is 13.2 Å². The maximum absolute atomic E-state index is 12.3. The molecule has 2 aromatic rings. The van der Waals surface area contributed by atoms with Crippen molar-refractivity contribution in [3.63, 3.8) is 0 Å². The van der Waals surface area contributed by atoms with Gasteiger partial charge in [-0.15, -0.1) is 0 Å². The van der Waals surface area contributed by atoms with Crippen molar-refractivity contribution in [3.8, 4) is 11.8 Å². The van der Waals surface area contributed by atoms with E-state index < -0.39 is 5.92 Å². The summed E-state index contributed by atoms with van der Waals surface area (Å²) in [4.78, 5) is 16.2. The van der Waals surface area contributed by atoms with Gasteiger partial charge < -0.3 is 4.74 Å². The van der Waals surface area contributed by atoms with Gasteiger partial charge in [0, 0.05) is 18.0 Å². The maximum Gasteiger partial charge on any atom is 0.184 e. The molecule has 94 valence electrons. The zero-order valence-electron chi connectivity index (χ0n) is 10.4. The van der Waals surface area contributed by atoms with E-state index in [-0.39, 0.29) is 5.78 Å². The minimum atomic E-state index is -0.831. The van der Waals surface area contributed by atoms with Crippen molar-refractivity contribution < 1.29 is 9.53 Å². The van der Waals surface area contributed by atoms with Gasteiger partial charge in [-0.05, 0) is 35.9 Å². The number of pyridine rings is 1. The van der Waals surface area contributed by atoms with Crippen LogP contribution in [0.3, 0.4) is 0 Å². The van der Waals surface area contributed by atoms with Crippen LogP contribution in [0.1, 0.15) is 21.8 Å². The molecule has 0 saturated heterocycles. The largest absolute Gasteiger partial charge is 0.497 e. The Labute approximate surface area is 111 Å². The van der Waals surface area contributed by atoms with Crippen LogP contribution in [0.4, 0.5) is 0 Å². The van der Waals surface area contributed by atoms with Crippen molar-refractivity contribution in [1.29, 1.82) is 5.26 Å². The van der Waals surface area contributed by atoms with E-state index in [0.29, 0.717) is 16.9 Å². The summed E-state index contributed by atoms with van der Waals surface area (Å²) in [6.07, 6.45) is 3.14. The fourth-order valence-electron chi connectivity index (χ4n) is 1.75. The van der Waals surface area contributed by atoms with Crippen LogP contribution in [0, 0.1) is 11.3 Å². The molecule has 0 aliphatic heterocycles. The third kappa shape index (κ3) is 2.78. The Morgan fingerprint density at radius 2 is 2.05 bits per heavy atom. The monoisotopic (exact) mass is 252 g/mol. The predicted molar refractivity (Wildman–Crippen MR) is 69.9 cm³/mol.